The van der Waals surface area contributed by atoms with Gasteiger partial charge in [0.15, 0.2) is 0 Å². The summed E-state index contributed by atoms with van der Waals surface area (Å²) in [5, 5.41) is 3.38. The molecular weight excluding hydrogens is 200 g/mol. The van der Waals surface area contributed by atoms with Gasteiger partial charge in [0.25, 0.3) is 0 Å². The molecule has 1 heterocycles. The van der Waals surface area contributed by atoms with Gasteiger partial charge in [-0.2, -0.15) is 0 Å². The van der Waals surface area contributed by atoms with Gasteiger partial charge in [0.05, 0.1) is 6.54 Å². The molecule has 1 unspecified atom stereocenters. The quantitative estimate of drug-likeness (QED) is 0.753. The summed E-state index contributed by atoms with van der Waals surface area (Å²) in [6.07, 6.45) is 7.11. The second-order valence-electron chi connectivity index (χ2n) is 4.72. The summed E-state index contributed by atoms with van der Waals surface area (Å²) in [4.78, 5) is 13.9. The van der Waals surface area contributed by atoms with E-state index in [9.17, 15) is 4.79 Å². The van der Waals surface area contributed by atoms with E-state index in [0.717, 1.165) is 19.5 Å². The zero-order chi connectivity index (χ0) is 11.8. The predicted octanol–water partition coefficient (Wildman–Crippen LogP) is 2.17. The molecule has 1 amide bonds. The number of amides is 1. The molecule has 0 aliphatic carbocycles. The molecule has 1 N–H and O–H groups in total. The Balaban J connectivity index is 2.22. The molecule has 1 fully saturated rings. The second kappa shape index (κ2) is 7.66. The fourth-order valence-corrected chi connectivity index (χ4v) is 2.29. The Morgan fingerprint density at radius 1 is 1.25 bits per heavy atom. The zero-order valence-corrected chi connectivity index (χ0v) is 10.8. The van der Waals surface area contributed by atoms with Gasteiger partial charge in [-0.05, 0) is 32.1 Å². The Morgan fingerprint density at radius 3 is 2.50 bits per heavy atom. The Hall–Kier alpha value is -0.570. The van der Waals surface area contributed by atoms with E-state index in [2.05, 4.69) is 19.2 Å². The van der Waals surface area contributed by atoms with Crippen LogP contribution in [0.4, 0.5) is 0 Å². The standard InChI is InChI=1S/C13H26N2O/c1-3-8-12(4-2)14-11-13(16)15-9-6-5-7-10-15/h12,14H,3-11H2,1-2H3. The highest BCUT2D eigenvalue weighted by atomic mass is 16.2. The number of hydrogen-bond donors (Lipinski definition) is 1. The van der Waals surface area contributed by atoms with E-state index in [1.165, 1.54) is 32.1 Å². The summed E-state index contributed by atoms with van der Waals surface area (Å²) >= 11 is 0. The molecule has 1 aliphatic rings. The number of piperidine rings is 1. The molecule has 1 saturated heterocycles. The molecule has 1 atom stereocenters. The lowest BCUT2D eigenvalue weighted by atomic mass is 10.1. The largest absolute Gasteiger partial charge is 0.342 e. The highest BCUT2D eigenvalue weighted by Gasteiger charge is 2.16. The molecule has 0 bridgehead atoms. The first-order valence-electron chi connectivity index (χ1n) is 6.79. The predicted molar refractivity (Wildman–Crippen MR) is 67.4 cm³/mol. The van der Waals surface area contributed by atoms with Crippen molar-refractivity contribution >= 4 is 5.91 Å². The lowest BCUT2D eigenvalue weighted by Gasteiger charge is -2.27. The smallest absolute Gasteiger partial charge is 0.236 e. The van der Waals surface area contributed by atoms with Crippen molar-refractivity contribution < 1.29 is 4.79 Å². The Bertz CT molecular complexity index is 200. The molecule has 0 radical (unpaired) electrons. The van der Waals surface area contributed by atoms with Crippen LogP contribution in [0.1, 0.15) is 52.4 Å². The number of nitrogens with zero attached hydrogens (tertiary/aromatic N) is 1. The first kappa shape index (κ1) is 13.5. The molecule has 0 aromatic rings. The minimum absolute atomic E-state index is 0.286. The molecule has 16 heavy (non-hydrogen) atoms. The maximum absolute atomic E-state index is 11.9. The van der Waals surface area contributed by atoms with Gasteiger partial charge in [-0.25, -0.2) is 0 Å². The fourth-order valence-electron chi connectivity index (χ4n) is 2.29. The van der Waals surface area contributed by atoms with Gasteiger partial charge in [0, 0.05) is 19.1 Å². The van der Waals surface area contributed by atoms with Crippen molar-refractivity contribution in [2.24, 2.45) is 0 Å². The van der Waals surface area contributed by atoms with Crippen molar-refractivity contribution in [1.29, 1.82) is 0 Å². The minimum atomic E-state index is 0.286. The number of likely N-dealkylation sites (tertiary alicyclic amines) is 1. The summed E-state index contributed by atoms with van der Waals surface area (Å²) in [7, 11) is 0. The van der Waals surface area contributed by atoms with Gasteiger partial charge in [0.1, 0.15) is 0 Å². The van der Waals surface area contributed by atoms with Gasteiger partial charge >= 0.3 is 0 Å². The molecular formula is C13H26N2O. The maximum Gasteiger partial charge on any atom is 0.236 e. The molecule has 0 spiro atoms. The van der Waals surface area contributed by atoms with Crippen LogP contribution in [-0.2, 0) is 4.79 Å². The summed E-state index contributed by atoms with van der Waals surface area (Å²) in [6.45, 7) is 6.82. The molecule has 3 nitrogen and oxygen atoms in total. The van der Waals surface area contributed by atoms with Crippen LogP contribution in [0.25, 0.3) is 0 Å². The molecule has 1 rings (SSSR count). The van der Waals surface area contributed by atoms with Gasteiger partial charge in [-0.3, -0.25) is 4.79 Å². The van der Waals surface area contributed by atoms with Crippen LogP contribution in [0.15, 0.2) is 0 Å². The van der Waals surface area contributed by atoms with E-state index in [1.54, 1.807) is 0 Å². The van der Waals surface area contributed by atoms with E-state index < -0.39 is 0 Å². The van der Waals surface area contributed by atoms with Crippen LogP contribution in [0.3, 0.4) is 0 Å². The number of carbonyl (C=O) groups is 1. The van der Waals surface area contributed by atoms with Gasteiger partial charge in [0.2, 0.25) is 5.91 Å². The Kier molecular flexibility index (Phi) is 6.46. The summed E-state index contributed by atoms with van der Waals surface area (Å²) in [5.41, 5.74) is 0. The molecule has 94 valence electrons. The van der Waals surface area contributed by atoms with Gasteiger partial charge < -0.3 is 10.2 Å². The van der Waals surface area contributed by atoms with Crippen LogP contribution in [0.5, 0.6) is 0 Å². The van der Waals surface area contributed by atoms with Gasteiger partial charge in [-0.15, -0.1) is 0 Å². The average Bonchev–Trinajstić information content (AvgIpc) is 2.35. The maximum atomic E-state index is 11.9. The third-order valence-electron chi connectivity index (χ3n) is 3.38. The lowest BCUT2D eigenvalue weighted by molar-refractivity contribution is -0.131. The molecule has 1 aliphatic heterocycles. The van der Waals surface area contributed by atoms with Crippen molar-refractivity contribution in [3.63, 3.8) is 0 Å². The number of rotatable bonds is 6. The van der Waals surface area contributed by atoms with Crippen molar-refractivity contribution in [2.75, 3.05) is 19.6 Å². The monoisotopic (exact) mass is 226 g/mol. The zero-order valence-electron chi connectivity index (χ0n) is 10.8. The average molecular weight is 226 g/mol. The second-order valence-corrected chi connectivity index (χ2v) is 4.72. The van der Waals surface area contributed by atoms with Crippen molar-refractivity contribution in [3.8, 4) is 0 Å². The third kappa shape index (κ3) is 4.52. The van der Waals surface area contributed by atoms with E-state index in [1.807, 2.05) is 4.90 Å². The first-order valence-corrected chi connectivity index (χ1v) is 6.79. The molecule has 0 aromatic carbocycles. The Morgan fingerprint density at radius 2 is 1.94 bits per heavy atom. The highest BCUT2D eigenvalue weighted by molar-refractivity contribution is 5.78. The number of carbonyl (C=O) groups excluding carboxylic acids is 1. The highest BCUT2D eigenvalue weighted by Crippen LogP contribution is 2.08. The number of hydrogen-bond acceptors (Lipinski definition) is 2. The van der Waals surface area contributed by atoms with Crippen molar-refractivity contribution in [3.05, 3.63) is 0 Å². The normalized spacial score (nSPS) is 18.5. The third-order valence-corrected chi connectivity index (χ3v) is 3.38. The van der Waals surface area contributed by atoms with Crippen LogP contribution in [0, 0.1) is 0 Å². The molecule has 3 heteroatoms. The topological polar surface area (TPSA) is 32.3 Å². The Labute approximate surface area is 99.6 Å². The van der Waals surface area contributed by atoms with Crippen LogP contribution in [-0.4, -0.2) is 36.5 Å². The summed E-state index contributed by atoms with van der Waals surface area (Å²) < 4.78 is 0. The minimum Gasteiger partial charge on any atom is -0.342 e. The first-order chi connectivity index (χ1) is 7.77. The van der Waals surface area contributed by atoms with E-state index >= 15 is 0 Å². The van der Waals surface area contributed by atoms with Gasteiger partial charge in [-0.1, -0.05) is 20.3 Å². The van der Waals surface area contributed by atoms with Crippen LogP contribution >= 0.6 is 0 Å². The fraction of sp³-hybridized carbons (Fsp3) is 0.923. The van der Waals surface area contributed by atoms with E-state index in [-0.39, 0.29) is 5.91 Å². The van der Waals surface area contributed by atoms with Crippen LogP contribution in [0.2, 0.25) is 0 Å². The van der Waals surface area contributed by atoms with Crippen LogP contribution < -0.4 is 5.32 Å². The number of nitrogens with one attached hydrogen (secondary N) is 1. The van der Waals surface area contributed by atoms with E-state index in [4.69, 9.17) is 0 Å². The lowest BCUT2D eigenvalue weighted by Crippen LogP contribution is -2.43. The SMILES string of the molecule is CCCC(CC)NCC(=O)N1CCCCC1. The van der Waals surface area contributed by atoms with E-state index in [0.29, 0.717) is 12.6 Å². The van der Waals surface area contributed by atoms with Crippen molar-refractivity contribution in [2.45, 2.75) is 58.4 Å². The van der Waals surface area contributed by atoms with Crippen molar-refractivity contribution in [1.82, 2.24) is 10.2 Å². The molecule has 0 aromatic heterocycles. The summed E-state index contributed by atoms with van der Waals surface area (Å²) in [6, 6.07) is 0.513. The molecule has 0 saturated carbocycles. The summed E-state index contributed by atoms with van der Waals surface area (Å²) in [5.74, 6) is 0.286.